The summed E-state index contributed by atoms with van der Waals surface area (Å²) in [5.41, 5.74) is 0.462. The van der Waals surface area contributed by atoms with Crippen molar-refractivity contribution in [1.29, 1.82) is 0 Å². The van der Waals surface area contributed by atoms with Gasteiger partial charge in [-0.1, -0.05) is 0 Å². The molecule has 94 valence electrons. The highest BCUT2D eigenvalue weighted by molar-refractivity contribution is 5.87. The molecule has 1 N–H and O–H groups in total. The van der Waals surface area contributed by atoms with Crippen LogP contribution in [0.1, 0.15) is 37.2 Å². The van der Waals surface area contributed by atoms with Crippen molar-refractivity contribution < 1.29 is 19.4 Å². The van der Waals surface area contributed by atoms with Gasteiger partial charge in [0.05, 0.1) is 6.10 Å². The van der Waals surface area contributed by atoms with Gasteiger partial charge in [0.25, 0.3) is 0 Å². The Morgan fingerprint density at radius 3 is 2.76 bits per heavy atom. The fourth-order valence-corrected chi connectivity index (χ4v) is 1.47. The number of carboxylic acid groups (broad SMARTS) is 1. The molecule has 0 aliphatic carbocycles. The molecule has 0 bridgehead atoms. The second-order valence-electron chi connectivity index (χ2n) is 4.04. The van der Waals surface area contributed by atoms with Crippen LogP contribution in [0.4, 0.5) is 0 Å². The fraction of sp³-hybridized carbons (Fsp3) is 0.500. The monoisotopic (exact) mass is 239 g/mol. The van der Waals surface area contributed by atoms with Crippen molar-refractivity contribution >= 4 is 11.9 Å². The van der Waals surface area contributed by atoms with Gasteiger partial charge in [0.2, 0.25) is 0 Å². The van der Waals surface area contributed by atoms with Gasteiger partial charge in [0, 0.05) is 19.2 Å². The molecule has 0 atom stereocenters. The summed E-state index contributed by atoms with van der Waals surface area (Å²) >= 11 is 0. The van der Waals surface area contributed by atoms with Crippen molar-refractivity contribution in [3.8, 4) is 0 Å². The van der Waals surface area contributed by atoms with Crippen LogP contribution in [0.3, 0.4) is 0 Å². The molecule has 17 heavy (non-hydrogen) atoms. The van der Waals surface area contributed by atoms with Crippen LogP contribution >= 0.6 is 0 Å². The van der Waals surface area contributed by atoms with Crippen LogP contribution < -0.4 is 0 Å². The summed E-state index contributed by atoms with van der Waals surface area (Å²) in [6, 6.07) is 3.42. The van der Waals surface area contributed by atoms with Gasteiger partial charge in [-0.2, -0.15) is 0 Å². The first-order valence-electron chi connectivity index (χ1n) is 5.58. The Morgan fingerprint density at radius 1 is 1.47 bits per heavy atom. The first-order valence-corrected chi connectivity index (χ1v) is 5.58. The number of aryl methyl sites for hydroxylation is 1. The van der Waals surface area contributed by atoms with Crippen LogP contribution in [0.25, 0.3) is 0 Å². The lowest BCUT2D eigenvalue weighted by Crippen LogP contribution is -2.16. The quantitative estimate of drug-likeness (QED) is 0.770. The third-order valence-electron chi connectivity index (χ3n) is 2.17. The van der Waals surface area contributed by atoms with E-state index in [4.69, 9.17) is 9.84 Å². The zero-order valence-electron chi connectivity index (χ0n) is 10.0. The van der Waals surface area contributed by atoms with E-state index in [9.17, 15) is 9.59 Å². The lowest BCUT2D eigenvalue weighted by atomic mass is 10.3. The van der Waals surface area contributed by atoms with E-state index in [-0.39, 0.29) is 18.5 Å². The molecule has 1 heterocycles. The number of carboxylic acids is 1. The van der Waals surface area contributed by atoms with Gasteiger partial charge >= 0.3 is 11.9 Å². The molecular weight excluding hydrogens is 222 g/mol. The third-order valence-corrected chi connectivity index (χ3v) is 2.17. The minimum atomic E-state index is -0.830. The van der Waals surface area contributed by atoms with Crippen molar-refractivity contribution in [2.24, 2.45) is 0 Å². The molecule has 1 aromatic heterocycles. The molecule has 1 rings (SSSR count). The second kappa shape index (κ2) is 6.08. The molecular formula is C12H17NO4. The summed E-state index contributed by atoms with van der Waals surface area (Å²) in [5, 5.41) is 8.54. The highest BCUT2D eigenvalue weighted by Crippen LogP contribution is 2.08. The molecule has 0 aromatic carbocycles. The maximum absolute atomic E-state index is 11.7. The van der Waals surface area contributed by atoms with Gasteiger partial charge in [-0.15, -0.1) is 0 Å². The predicted octanol–water partition coefficient (Wildman–Crippen LogP) is 1.92. The second-order valence-corrected chi connectivity index (χ2v) is 4.04. The van der Waals surface area contributed by atoms with E-state index < -0.39 is 5.97 Å². The van der Waals surface area contributed by atoms with Gasteiger partial charge in [0.15, 0.2) is 0 Å². The van der Waals surface area contributed by atoms with Crippen molar-refractivity contribution in [2.75, 3.05) is 0 Å². The number of hydrogen-bond donors (Lipinski definition) is 1. The molecule has 1 aromatic rings. The first kappa shape index (κ1) is 13.3. The largest absolute Gasteiger partial charge is 0.481 e. The summed E-state index contributed by atoms with van der Waals surface area (Å²) < 4.78 is 6.80. The van der Waals surface area contributed by atoms with Gasteiger partial charge in [-0.25, -0.2) is 4.79 Å². The number of carbonyl (C=O) groups is 2. The number of ether oxygens (including phenoxy) is 1. The highest BCUT2D eigenvalue weighted by atomic mass is 16.5. The maximum atomic E-state index is 11.7. The van der Waals surface area contributed by atoms with E-state index in [1.807, 2.05) is 0 Å². The molecule has 0 unspecified atom stereocenters. The third kappa shape index (κ3) is 4.30. The number of aliphatic carboxylic acids is 1. The van der Waals surface area contributed by atoms with E-state index in [0.717, 1.165) is 0 Å². The Hall–Kier alpha value is -1.78. The Morgan fingerprint density at radius 2 is 2.18 bits per heavy atom. The molecule has 0 aliphatic heterocycles. The van der Waals surface area contributed by atoms with E-state index in [1.54, 1.807) is 36.7 Å². The molecule has 0 aliphatic rings. The zero-order valence-corrected chi connectivity index (χ0v) is 10.0. The molecule has 0 saturated heterocycles. The minimum absolute atomic E-state index is 0.0941. The van der Waals surface area contributed by atoms with Crippen LogP contribution in [0.5, 0.6) is 0 Å². The lowest BCUT2D eigenvalue weighted by molar-refractivity contribution is -0.137. The summed E-state index contributed by atoms with van der Waals surface area (Å²) in [4.78, 5) is 22.1. The van der Waals surface area contributed by atoms with Gasteiger partial charge in [-0.05, 0) is 32.4 Å². The van der Waals surface area contributed by atoms with Crippen molar-refractivity contribution in [3.63, 3.8) is 0 Å². The topological polar surface area (TPSA) is 68.5 Å². The highest BCUT2D eigenvalue weighted by Gasteiger charge is 2.13. The normalized spacial score (nSPS) is 10.5. The average Bonchev–Trinajstić information content (AvgIpc) is 2.64. The van der Waals surface area contributed by atoms with Gasteiger partial charge in [-0.3, -0.25) is 4.79 Å². The van der Waals surface area contributed by atoms with E-state index in [2.05, 4.69) is 0 Å². The van der Waals surface area contributed by atoms with Crippen molar-refractivity contribution in [1.82, 2.24) is 4.57 Å². The van der Waals surface area contributed by atoms with Crippen LogP contribution in [-0.2, 0) is 16.1 Å². The number of hydrogen-bond acceptors (Lipinski definition) is 3. The van der Waals surface area contributed by atoms with E-state index in [0.29, 0.717) is 18.7 Å². The minimum Gasteiger partial charge on any atom is -0.481 e. The standard InChI is InChI=1S/C12H17NO4/c1-9(2)17-12(16)10-5-3-7-13(10)8-4-6-11(14)15/h3,5,7,9H,4,6,8H2,1-2H3,(H,14,15). The molecule has 5 heteroatoms. The Labute approximate surface area is 100 Å². The summed E-state index contributed by atoms with van der Waals surface area (Å²) in [6.45, 7) is 4.08. The molecule has 0 saturated carbocycles. The Balaban J connectivity index is 2.59. The number of nitrogens with zero attached hydrogens (tertiary/aromatic N) is 1. The number of rotatable bonds is 6. The molecule has 0 spiro atoms. The zero-order chi connectivity index (χ0) is 12.8. The van der Waals surface area contributed by atoms with E-state index in [1.165, 1.54) is 0 Å². The fourth-order valence-electron chi connectivity index (χ4n) is 1.47. The van der Waals surface area contributed by atoms with Gasteiger partial charge in [0.1, 0.15) is 5.69 Å². The summed E-state index contributed by atoms with van der Waals surface area (Å²) in [5.74, 6) is -1.20. The van der Waals surface area contributed by atoms with E-state index >= 15 is 0 Å². The summed E-state index contributed by atoms with van der Waals surface area (Å²) in [7, 11) is 0. The Kier molecular flexibility index (Phi) is 4.75. The SMILES string of the molecule is CC(C)OC(=O)c1cccn1CCCC(=O)O. The van der Waals surface area contributed by atoms with Crippen LogP contribution in [0, 0.1) is 0 Å². The summed E-state index contributed by atoms with van der Waals surface area (Å²) in [6.07, 6.45) is 2.17. The predicted molar refractivity (Wildman–Crippen MR) is 61.9 cm³/mol. The average molecular weight is 239 g/mol. The maximum Gasteiger partial charge on any atom is 0.355 e. The number of carbonyl (C=O) groups excluding carboxylic acids is 1. The van der Waals surface area contributed by atoms with Crippen LogP contribution in [-0.4, -0.2) is 27.7 Å². The number of esters is 1. The smallest absolute Gasteiger partial charge is 0.355 e. The molecule has 5 nitrogen and oxygen atoms in total. The lowest BCUT2D eigenvalue weighted by Gasteiger charge is -2.10. The van der Waals surface area contributed by atoms with Crippen LogP contribution in [0.15, 0.2) is 18.3 Å². The molecule has 0 fully saturated rings. The van der Waals surface area contributed by atoms with Crippen molar-refractivity contribution in [3.05, 3.63) is 24.0 Å². The van der Waals surface area contributed by atoms with Crippen LogP contribution in [0.2, 0.25) is 0 Å². The molecule has 0 amide bonds. The first-order chi connectivity index (χ1) is 8.00. The molecule has 0 radical (unpaired) electrons. The Bertz CT molecular complexity index is 395. The number of aromatic nitrogens is 1. The van der Waals surface area contributed by atoms with Crippen molar-refractivity contribution in [2.45, 2.75) is 39.3 Å². The van der Waals surface area contributed by atoms with Gasteiger partial charge < -0.3 is 14.4 Å².